The molecule has 28 heavy (non-hydrogen) atoms. The van der Waals surface area contributed by atoms with Gasteiger partial charge in [0, 0.05) is 69.8 Å². The summed E-state index contributed by atoms with van der Waals surface area (Å²) in [6.45, 7) is 4.36. The van der Waals surface area contributed by atoms with E-state index in [1.54, 1.807) is 6.20 Å². The Morgan fingerprint density at radius 3 is 2.93 bits per heavy atom. The van der Waals surface area contributed by atoms with Crippen molar-refractivity contribution in [2.45, 2.75) is 30.9 Å². The third-order valence-electron chi connectivity index (χ3n) is 6.26. The summed E-state index contributed by atoms with van der Waals surface area (Å²) in [4.78, 5) is 22.3. The van der Waals surface area contributed by atoms with Gasteiger partial charge in [-0.3, -0.25) is 19.4 Å². The van der Waals surface area contributed by atoms with E-state index >= 15 is 0 Å². The maximum Gasteiger partial charge on any atom is 0.256 e. The molecule has 0 aromatic carbocycles. The van der Waals surface area contributed by atoms with Crippen LogP contribution in [-0.2, 0) is 23.1 Å². The van der Waals surface area contributed by atoms with Crippen molar-refractivity contribution in [1.29, 1.82) is 0 Å². The van der Waals surface area contributed by atoms with Gasteiger partial charge in [-0.25, -0.2) is 0 Å². The number of ether oxygens (including phenoxy) is 1. The Kier molecular flexibility index (Phi) is 4.44. The number of carbonyl (C=O) groups is 1. The van der Waals surface area contributed by atoms with Crippen molar-refractivity contribution >= 4 is 5.91 Å². The van der Waals surface area contributed by atoms with Crippen LogP contribution in [0.5, 0.6) is 0 Å². The molecule has 2 saturated heterocycles. The zero-order chi connectivity index (χ0) is 19.1. The van der Waals surface area contributed by atoms with E-state index < -0.39 is 5.60 Å². The van der Waals surface area contributed by atoms with Crippen LogP contribution in [0.2, 0.25) is 0 Å². The molecule has 0 radical (unpaired) electrons. The number of carbonyl (C=O) groups excluding carboxylic acids is 1. The Morgan fingerprint density at radius 1 is 1.32 bits per heavy atom. The lowest BCUT2D eigenvalue weighted by molar-refractivity contribution is -0.172. The maximum absolute atomic E-state index is 13.6. The largest absolute Gasteiger partial charge is 0.361 e. The van der Waals surface area contributed by atoms with Crippen LogP contribution < -0.4 is 0 Å². The van der Waals surface area contributed by atoms with E-state index in [2.05, 4.69) is 25.9 Å². The molecule has 7 heteroatoms. The van der Waals surface area contributed by atoms with Crippen LogP contribution >= 0.6 is 0 Å². The molecule has 4 heterocycles. The first kappa shape index (κ1) is 17.8. The molecule has 148 valence electrons. The van der Waals surface area contributed by atoms with Crippen molar-refractivity contribution in [3.05, 3.63) is 48.0 Å². The zero-order valence-electron chi connectivity index (χ0n) is 16.3. The summed E-state index contributed by atoms with van der Waals surface area (Å²) in [6, 6.07) is 4.02. The summed E-state index contributed by atoms with van der Waals surface area (Å²) >= 11 is 0. The highest BCUT2D eigenvalue weighted by atomic mass is 16.5. The first-order valence-corrected chi connectivity index (χ1v) is 10.2. The van der Waals surface area contributed by atoms with Crippen molar-refractivity contribution in [2.24, 2.45) is 13.0 Å². The van der Waals surface area contributed by atoms with Crippen LogP contribution in [0.25, 0.3) is 0 Å². The van der Waals surface area contributed by atoms with Gasteiger partial charge in [-0.2, -0.15) is 5.10 Å². The molecular weight excluding hydrogens is 354 g/mol. The number of rotatable bonds is 5. The molecule has 7 nitrogen and oxygen atoms in total. The van der Waals surface area contributed by atoms with E-state index in [0.717, 1.165) is 30.8 Å². The number of pyridine rings is 1. The van der Waals surface area contributed by atoms with Crippen LogP contribution in [0.3, 0.4) is 0 Å². The van der Waals surface area contributed by atoms with Gasteiger partial charge in [0.05, 0.1) is 12.8 Å². The maximum atomic E-state index is 13.6. The van der Waals surface area contributed by atoms with Gasteiger partial charge in [-0.05, 0) is 30.4 Å². The molecule has 3 fully saturated rings. The highest BCUT2D eigenvalue weighted by Crippen LogP contribution is 2.43. The number of amides is 1. The van der Waals surface area contributed by atoms with E-state index in [-0.39, 0.29) is 11.8 Å². The first-order valence-electron chi connectivity index (χ1n) is 10.2. The Morgan fingerprint density at radius 2 is 2.21 bits per heavy atom. The molecule has 5 rings (SSSR count). The predicted octanol–water partition coefficient (Wildman–Crippen LogP) is 1.42. The fraction of sp³-hybridized carbons (Fsp3) is 0.571. The third-order valence-corrected chi connectivity index (χ3v) is 6.26. The number of morpholine rings is 1. The van der Waals surface area contributed by atoms with Gasteiger partial charge in [0.15, 0.2) is 5.60 Å². The minimum absolute atomic E-state index is 0.00706. The Bertz CT molecular complexity index is 849. The monoisotopic (exact) mass is 381 g/mol. The first-order chi connectivity index (χ1) is 13.6. The SMILES string of the molecule is Cn1cc(CN2C[C@@H](c3cccnc3)[C@@]3(C2)OCCN(CC2CC2)C3=O)cn1. The van der Waals surface area contributed by atoms with Gasteiger partial charge in [0.1, 0.15) is 0 Å². The van der Waals surface area contributed by atoms with Gasteiger partial charge in [-0.1, -0.05) is 6.07 Å². The summed E-state index contributed by atoms with van der Waals surface area (Å²) in [7, 11) is 1.93. The average molecular weight is 381 g/mol. The van der Waals surface area contributed by atoms with E-state index in [9.17, 15) is 4.79 Å². The van der Waals surface area contributed by atoms with Crippen LogP contribution in [0.4, 0.5) is 0 Å². The Labute approximate surface area is 165 Å². The topological polar surface area (TPSA) is 63.5 Å². The molecule has 2 aliphatic heterocycles. The van der Waals surface area contributed by atoms with Crippen LogP contribution in [0.15, 0.2) is 36.9 Å². The molecule has 0 bridgehead atoms. The lowest BCUT2D eigenvalue weighted by Gasteiger charge is -2.42. The van der Waals surface area contributed by atoms with E-state index in [4.69, 9.17) is 4.74 Å². The van der Waals surface area contributed by atoms with Gasteiger partial charge in [0.2, 0.25) is 0 Å². The minimum Gasteiger partial charge on any atom is -0.361 e. The molecule has 3 aliphatic rings. The van der Waals surface area contributed by atoms with Gasteiger partial charge in [0.25, 0.3) is 5.91 Å². The zero-order valence-corrected chi connectivity index (χ0v) is 16.3. The molecule has 1 saturated carbocycles. The summed E-state index contributed by atoms with van der Waals surface area (Å²) < 4.78 is 8.15. The second-order valence-corrected chi connectivity index (χ2v) is 8.46. The molecule has 2 aromatic rings. The fourth-order valence-corrected chi connectivity index (χ4v) is 4.72. The number of aryl methyl sites for hydroxylation is 1. The van der Waals surface area contributed by atoms with Crippen molar-refractivity contribution in [1.82, 2.24) is 24.6 Å². The smallest absolute Gasteiger partial charge is 0.256 e. The van der Waals surface area contributed by atoms with Crippen molar-refractivity contribution < 1.29 is 9.53 Å². The fourth-order valence-electron chi connectivity index (χ4n) is 4.72. The highest BCUT2D eigenvalue weighted by molar-refractivity contribution is 5.88. The van der Waals surface area contributed by atoms with Gasteiger partial charge in [-0.15, -0.1) is 0 Å². The minimum atomic E-state index is -0.807. The number of hydrogen-bond donors (Lipinski definition) is 0. The molecule has 0 unspecified atom stereocenters. The summed E-state index contributed by atoms with van der Waals surface area (Å²) in [5.74, 6) is 0.837. The highest BCUT2D eigenvalue weighted by Gasteiger charge is 2.57. The molecule has 1 amide bonds. The Balaban J connectivity index is 1.44. The second-order valence-electron chi connectivity index (χ2n) is 8.46. The summed E-state index contributed by atoms with van der Waals surface area (Å²) in [6.07, 6.45) is 10.1. The second kappa shape index (κ2) is 6.97. The normalized spacial score (nSPS) is 28.4. The van der Waals surface area contributed by atoms with Crippen LogP contribution in [-0.4, -0.2) is 68.9 Å². The van der Waals surface area contributed by atoms with Crippen LogP contribution in [0, 0.1) is 5.92 Å². The number of nitrogens with zero attached hydrogens (tertiary/aromatic N) is 5. The van der Waals surface area contributed by atoms with E-state index in [1.807, 2.05) is 36.4 Å². The number of likely N-dealkylation sites (tertiary alicyclic amines) is 1. The molecule has 2 aromatic heterocycles. The number of hydrogen-bond acceptors (Lipinski definition) is 5. The average Bonchev–Trinajstić information content (AvgIpc) is 3.32. The third kappa shape index (κ3) is 3.22. The molecular formula is C21H27N5O2. The summed E-state index contributed by atoms with van der Waals surface area (Å²) in [5.41, 5.74) is 1.43. The molecule has 1 spiro atoms. The molecule has 1 aliphatic carbocycles. The van der Waals surface area contributed by atoms with E-state index in [0.29, 0.717) is 25.6 Å². The van der Waals surface area contributed by atoms with Crippen molar-refractivity contribution in [2.75, 3.05) is 32.8 Å². The van der Waals surface area contributed by atoms with Gasteiger partial charge >= 0.3 is 0 Å². The van der Waals surface area contributed by atoms with Crippen molar-refractivity contribution in [3.8, 4) is 0 Å². The Hall–Kier alpha value is -2.25. The quantitative estimate of drug-likeness (QED) is 0.784. The molecule has 2 atom stereocenters. The lowest BCUT2D eigenvalue weighted by atomic mass is 9.83. The van der Waals surface area contributed by atoms with E-state index in [1.165, 1.54) is 12.8 Å². The standard InChI is InChI=1S/C21H27N5O2/c1-24-11-17(9-23-24)12-25-14-19(18-3-2-6-22-10-18)21(15-25)20(27)26(7-8-28-21)13-16-4-5-16/h2-3,6,9-11,16,19H,4-5,7-8,12-15H2,1H3/t19-,21+/m0/s1. The predicted molar refractivity (Wildman–Crippen MR) is 103 cm³/mol. The number of aromatic nitrogens is 3. The summed E-state index contributed by atoms with van der Waals surface area (Å²) in [5, 5.41) is 4.28. The van der Waals surface area contributed by atoms with Gasteiger partial charge < -0.3 is 9.64 Å². The lowest BCUT2D eigenvalue weighted by Crippen LogP contribution is -2.60. The van der Waals surface area contributed by atoms with Crippen molar-refractivity contribution in [3.63, 3.8) is 0 Å². The molecule has 0 N–H and O–H groups in total. The van der Waals surface area contributed by atoms with Crippen LogP contribution in [0.1, 0.15) is 29.9 Å².